The number of carboxylic acids is 1. The lowest BCUT2D eigenvalue weighted by atomic mass is 10.2. The summed E-state index contributed by atoms with van der Waals surface area (Å²) >= 11 is 0. The number of morpholine rings is 1. The molecule has 1 N–H and O–H groups in total. The van der Waals surface area contributed by atoms with E-state index in [4.69, 9.17) is 14.6 Å². The molecule has 1 heterocycles. The fraction of sp³-hybridized carbons (Fsp3) is 0.500. The Morgan fingerprint density at radius 2 is 2.12 bits per heavy atom. The molecule has 2 rings (SSSR count). The number of hydrogen-bond donors (Lipinski definition) is 1. The number of ether oxygens (including phenoxy) is 2. The predicted molar refractivity (Wildman–Crippen MR) is 90.0 cm³/mol. The minimum absolute atomic E-state index is 0.0508. The van der Waals surface area contributed by atoms with Crippen LogP contribution in [-0.2, 0) is 14.3 Å². The van der Waals surface area contributed by atoms with E-state index in [1.165, 1.54) is 24.3 Å². The van der Waals surface area contributed by atoms with Crippen molar-refractivity contribution in [3.05, 3.63) is 34.4 Å². The number of aliphatic carboxylic acids is 1. The minimum atomic E-state index is -0.923. The van der Waals surface area contributed by atoms with Gasteiger partial charge in [-0.2, -0.15) is 0 Å². The summed E-state index contributed by atoms with van der Waals surface area (Å²) < 4.78 is 11.0. The maximum atomic E-state index is 12.3. The maximum absolute atomic E-state index is 12.3. The Labute approximate surface area is 150 Å². The quantitative estimate of drug-likeness (QED) is 0.511. The molecule has 1 aromatic rings. The maximum Gasteiger partial charge on any atom is 0.317 e. The normalized spacial score (nSPS) is 17.2. The third-order valence-corrected chi connectivity index (χ3v) is 3.82. The summed E-state index contributed by atoms with van der Waals surface area (Å²) in [5.74, 6) is -0.778. The van der Waals surface area contributed by atoms with Crippen LogP contribution in [0.5, 0.6) is 5.75 Å². The van der Waals surface area contributed by atoms with Crippen LogP contribution in [-0.4, -0.2) is 84.3 Å². The van der Waals surface area contributed by atoms with Crippen molar-refractivity contribution in [1.29, 1.82) is 0 Å². The van der Waals surface area contributed by atoms with Crippen molar-refractivity contribution in [2.24, 2.45) is 0 Å². The standard InChI is InChI=1S/C16H21N3O7/c1-17(10-16(21)22)8-14-9-18(6-7-25-14)15(20)11-26-13-4-2-12(3-5-13)19(23)24/h2-5,14H,6-11H2,1H3,(H,21,22). The third-order valence-electron chi connectivity index (χ3n) is 3.82. The van der Waals surface area contributed by atoms with Crippen LogP contribution in [0.3, 0.4) is 0 Å². The molecule has 1 amide bonds. The summed E-state index contributed by atoms with van der Waals surface area (Å²) in [5.41, 5.74) is -0.0508. The Morgan fingerprint density at radius 1 is 1.42 bits per heavy atom. The smallest absolute Gasteiger partial charge is 0.317 e. The number of carbonyl (C=O) groups excluding carboxylic acids is 1. The van der Waals surface area contributed by atoms with Gasteiger partial charge in [0.1, 0.15) is 5.75 Å². The molecular weight excluding hydrogens is 346 g/mol. The van der Waals surface area contributed by atoms with Crippen molar-refractivity contribution in [1.82, 2.24) is 9.80 Å². The number of nitrogens with zero attached hydrogens (tertiary/aromatic N) is 3. The molecule has 1 aliphatic rings. The van der Waals surface area contributed by atoms with E-state index in [9.17, 15) is 19.7 Å². The molecule has 1 aromatic carbocycles. The highest BCUT2D eigenvalue weighted by atomic mass is 16.6. The molecular formula is C16H21N3O7. The van der Waals surface area contributed by atoms with Gasteiger partial charge in [0.05, 0.1) is 24.2 Å². The van der Waals surface area contributed by atoms with Crippen LogP contribution in [0, 0.1) is 10.1 Å². The molecule has 0 aliphatic carbocycles. The second-order valence-electron chi connectivity index (χ2n) is 5.96. The summed E-state index contributed by atoms with van der Waals surface area (Å²) in [4.78, 5) is 36.3. The molecule has 10 heteroatoms. The third kappa shape index (κ3) is 5.97. The highest BCUT2D eigenvalue weighted by Gasteiger charge is 2.25. The van der Waals surface area contributed by atoms with Crippen molar-refractivity contribution < 1.29 is 29.1 Å². The van der Waals surface area contributed by atoms with Crippen LogP contribution in [0.1, 0.15) is 0 Å². The molecule has 0 radical (unpaired) electrons. The van der Waals surface area contributed by atoms with Crippen LogP contribution in [0.4, 0.5) is 5.69 Å². The first kappa shape index (κ1) is 19.6. The second-order valence-corrected chi connectivity index (χ2v) is 5.96. The van der Waals surface area contributed by atoms with Crippen molar-refractivity contribution in [2.75, 3.05) is 46.4 Å². The van der Waals surface area contributed by atoms with E-state index in [0.717, 1.165) is 0 Å². The molecule has 10 nitrogen and oxygen atoms in total. The molecule has 1 atom stereocenters. The zero-order valence-corrected chi connectivity index (χ0v) is 14.4. The van der Waals surface area contributed by atoms with Crippen molar-refractivity contribution in [3.8, 4) is 5.75 Å². The lowest BCUT2D eigenvalue weighted by molar-refractivity contribution is -0.384. The van der Waals surface area contributed by atoms with Gasteiger partial charge in [0.2, 0.25) is 0 Å². The molecule has 26 heavy (non-hydrogen) atoms. The Balaban J connectivity index is 1.81. The molecule has 1 fully saturated rings. The average molecular weight is 367 g/mol. The monoisotopic (exact) mass is 367 g/mol. The minimum Gasteiger partial charge on any atom is -0.484 e. The van der Waals surface area contributed by atoms with Gasteiger partial charge in [0, 0.05) is 31.8 Å². The Hall–Kier alpha value is -2.72. The molecule has 0 saturated carbocycles. The van der Waals surface area contributed by atoms with Gasteiger partial charge < -0.3 is 19.5 Å². The number of likely N-dealkylation sites (N-methyl/N-ethyl adjacent to an activating group) is 1. The number of carbonyl (C=O) groups is 2. The van der Waals surface area contributed by atoms with E-state index in [-0.39, 0.29) is 30.9 Å². The van der Waals surface area contributed by atoms with Crippen LogP contribution in [0.2, 0.25) is 0 Å². The first-order valence-corrected chi connectivity index (χ1v) is 8.02. The number of nitro benzene ring substituents is 1. The van der Waals surface area contributed by atoms with Crippen molar-refractivity contribution in [2.45, 2.75) is 6.10 Å². The fourth-order valence-corrected chi connectivity index (χ4v) is 2.60. The fourth-order valence-electron chi connectivity index (χ4n) is 2.60. The first-order chi connectivity index (χ1) is 12.3. The largest absolute Gasteiger partial charge is 0.484 e. The van der Waals surface area contributed by atoms with Crippen LogP contribution < -0.4 is 4.74 Å². The molecule has 0 spiro atoms. The van der Waals surface area contributed by atoms with Crippen LogP contribution in [0.25, 0.3) is 0 Å². The average Bonchev–Trinajstić information content (AvgIpc) is 2.59. The summed E-state index contributed by atoms with van der Waals surface area (Å²) in [6, 6.07) is 5.49. The topological polar surface area (TPSA) is 122 Å². The van der Waals surface area contributed by atoms with Gasteiger partial charge in [0.25, 0.3) is 11.6 Å². The van der Waals surface area contributed by atoms with Gasteiger partial charge in [-0.25, -0.2) is 0 Å². The lowest BCUT2D eigenvalue weighted by Gasteiger charge is -2.34. The zero-order chi connectivity index (χ0) is 19.1. The van der Waals surface area contributed by atoms with Gasteiger partial charge in [-0.15, -0.1) is 0 Å². The zero-order valence-electron chi connectivity index (χ0n) is 14.4. The highest BCUT2D eigenvalue weighted by molar-refractivity contribution is 5.78. The number of hydrogen-bond acceptors (Lipinski definition) is 7. The van der Waals surface area contributed by atoms with E-state index in [1.54, 1.807) is 16.8 Å². The van der Waals surface area contributed by atoms with Gasteiger partial charge in [-0.05, 0) is 19.2 Å². The molecule has 142 valence electrons. The van der Waals surface area contributed by atoms with Crippen LogP contribution >= 0.6 is 0 Å². The van der Waals surface area contributed by atoms with Crippen LogP contribution in [0.15, 0.2) is 24.3 Å². The van der Waals surface area contributed by atoms with E-state index >= 15 is 0 Å². The molecule has 1 unspecified atom stereocenters. The molecule has 0 aromatic heterocycles. The van der Waals surface area contributed by atoms with Crippen molar-refractivity contribution >= 4 is 17.6 Å². The predicted octanol–water partition coefficient (Wildman–Crippen LogP) is 0.217. The van der Waals surface area contributed by atoms with Gasteiger partial charge in [-0.3, -0.25) is 24.6 Å². The number of carboxylic acid groups (broad SMARTS) is 1. The van der Waals surface area contributed by atoms with Gasteiger partial charge in [-0.1, -0.05) is 0 Å². The lowest BCUT2D eigenvalue weighted by Crippen LogP contribution is -2.50. The Bertz CT molecular complexity index is 650. The summed E-state index contributed by atoms with van der Waals surface area (Å²) in [5, 5.41) is 19.4. The van der Waals surface area contributed by atoms with E-state index in [2.05, 4.69) is 0 Å². The molecule has 1 saturated heterocycles. The van der Waals surface area contributed by atoms with Gasteiger partial charge >= 0.3 is 5.97 Å². The number of benzene rings is 1. The SMILES string of the molecule is CN(CC(=O)O)CC1CN(C(=O)COc2ccc([N+](=O)[O-])cc2)CCO1. The highest BCUT2D eigenvalue weighted by Crippen LogP contribution is 2.17. The molecule has 0 bridgehead atoms. The number of non-ortho nitro benzene ring substituents is 1. The second kappa shape index (κ2) is 9.11. The summed E-state index contributed by atoms with van der Waals surface area (Å²) in [7, 11) is 1.68. The number of rotatable bonds is 8. The molecule has 1 aliphatic heterocycles. The van der Waals surface area contributed by atoms with E-state index in [1.807, 2.05) is 0 Å². The Morgan fingerprint density at radius 3 is 2.73 bits per heavy atom. The summed E-state index contributed by atoms with van der Waals surface area (Å²) in [6.45, 7) is 1.27. The van der Waals surface area contributed by atoms with Gasteiger partial charge in [0.15, 0.2) is 6.61 Å². The first-order valence-electron chi connectivity index (χ1n) is 8.02. The van der Waals surface area contributed by atoms with Crippen molar-refractivity contribution in [3.63, 3.8) is 0 Å². The summed E-state index contributed by atoms with van der Waals surface area (Å²) in [6.07, 6.45) is -0.267. The van der Waals surface area contributed by atoms with E-state index in [0.29, 0.717) is 32.0 Å². The Kier molecular flexibility index (Phi) is 6.87. The van der Waals surface area contributed by atoms with E-state index < -0.39 is 10.9 Å². The number of amides is 1. The number of nitro groups is 1.